The highest BCUT2D eigenvalue weighted by atomic mass is 79.9. The maximum absolute atomic E-state index is 13.0. The molecule has 0 radical (unpaired) electrons. The third-order valence-electron chi connectivity index (χ3n) is 4.19. The summed E-state index contributed by atoms with van der Waals surface area (Å²) in [5.41, 5.74) is 1.50. The fourth-order valence-corrected chi connectivity index (χ4v) is 4.31. The summed E-state index contributed by atoms with van der Waals surface area (Å²) in [5, 5.41) is -0.276. The minimum atomic E-state index is -0.307. The van der Waals surface area contributed by atoms with Gasteiger partial charge in [-0.25, -0.2) is 4.39 Å². The molecule has 0 aliphatic carbocycles. The Morgan fingerprint density at radius 1 is 1.21 bits per heavy atom. The van der Waals surface area contributed by atoms with Gasteiger partial charge >= 0.3 is 0 Å². The van der Waals surface area contributed by atoms with Crippen molar-refractivity contribution >= 4 is 44.9 Å². The molecule has 0 aromatic heterocycles. The Balaban J connectivity index is 1.84. The molecule has 2 aromatic rings. The lowest BCUT2D eigenvalue weighted by molar-refractivity contribution is -0.123. The summed E-state index contributed by atoms with van der Waals surface area (Å²) >= 11 is 4.39. The minimum absolute atomic E-state index is 0.197. The molecular formula is C21H19BrFNO4S. The van der Waals surface area contributed by atoms with Crippen LogP contribution in [0.15, 0.2) is 45.8 Å². The Morgan fingerprint density at radius 2 is 1.90 bits per heavy atom. The van der Waals surface area contributed by atoms with Gasteiger partial charge in [0.1, 0.15) is 12.4 Å². The van der Waals surface area contributed by atoms with Crippen LogP contribution in [0.25, 0.3) is 6.08 Å². The van der Waals surface area contributed by atoms with Crippen LogP contribution in [-0.2, 0) is 11.4 Å². The zero-order chi connectivity index (χ0) is 21.1. The first kappa shape index (κ1) is 21.4. The molecule has 2 aromatic carbocycles. The number of carbonyl (C=O) groups excluding carboxylic acids is 2. The molecule has 0 atom stereocenters. The van der Waals surface area contributed by atoms with Crippen LogP contribution in [0.5, 0.6) is 11.5 Å². The second kappa shape index (κ2) is 9.00. The van der Waals surface area contributed by atoms with Crippen LogP contribution in [0, 0.1) is 5.82 Å². The van der Waals surface area contributed by atoms with Gasteiger partial charge in [-0.15, -0.1) is 0 Å². The monoisotopic (exact) mass is 479 g/mol. The summed E-state index contributed by atoms with van der Waals surface area (Å²) in [7, 11) is 1.52. The summed E-state index contributed by atoms with van der Waals surface area (Å²) in [4.78, 5) is 26.1. The van der Waals surface area contributed by atoms with Gasteiger partial charge in [0.25, 0.3) is 11.1 Å². The topological polar surface area (TPSA) is 55.8 Å². The predicted octanol–water partition coefficient (Wildman–Crippen LogP) is 5.62. The molecule has 0 bridgehead atoms. The van der Waals surface area contributed by atoms with Crippen molar-refractivity contribution in [3.8, 4) is 11.5 Å². The second-order valence-electron chi connectivity index (χ2n) is 6.59. The lowest BCUT2D eigenvalue weighted by Gasteiger charge is -2.16. The predicted molar refractivity (Wildman–Crippen MR) is 114 cm³/mol. The molecule has 0 N–H and O–H groups in total. The number of amides is 2. The van der Waals surface area contributed by atoms with Crippen molar-refractivity contribution in [1.82, 2.24) is 4.90 Å². The SMILES string of the molecule is COc1cc(/C=C2/SC(=O)N(C(C)C)C2=O)cc(Br)c1OCc1ccc(F)cc1. The van der Waals surface area contributed by atoms with E-state index in [2.05, 4.69) is 15.9 Å². The van der Waals surface area contributed by atoms with Crippen molar-refractivity contribution in [2.75, 3.05) is 7.11 Å². The highest BCUT2D eigenvalue weighted by Gasteiger charge is 2.36. The molecule has 3 rings (SSSR count). The first-order valence-electron chi connectivity index (χ1n) is 8.82. The van der Waals surface area contributed by atoms with Crippen LogP contribution in [0.1, 0.15) is 25.0 Å². The molecule has 1 aliphatic heterocycles. The van der Waals surface area contributed by atoms with Crippen LogP contribution in [0.4, 0.5) is 9.18 Å². The average Bonchev–Trinajstić information content (AvgIpc) is 2.95. The molecule has 152 valence electrons. The fraction of sp³-hybridized carbons (Fsp3) is 0.238. The smallest absolute Gasteiger partial charge is 0.293 e. The molecule has 5 nitrogen and oxygen atoms in total. The zero-order valence-corrected chi connectivity index (χ0v) is 18.5. The van der Waals surface area contributed by atoms with Crippen LogP contribution >= 0.6 is 27.7 Å². The maximum Gasteiger partial charge on any atom is 0.293 e. The molecule has 8 heteroatoms. The van der Waals surface area contributed by atoms with Gasteiger partial charge in [0.15, 0.2) is 11.5 Å². The number of thioether (sulfide) groups is 1. The van der Waals surface area contributed by atoms with Gasteiger partial charge in [0.2, 0.25) is 0 Å². The van der Waals surface area contributed by atoms with Gasteiger partial charge in [-0.3, -0.25) is 14.5 Å². The van der Waals surface area contributed by atoms with E-state index in [1.807, 2.05) is 0 Å². The number of halogens is 2. The third-order valence-corrected chi connectivity index (χ3v) is 5.66. The molecular weight excluding hydrogens is 461 g/mol. The number of imide groups is 1. The largest absolute Gasteiger partial charge is 0.493 e. The van der Waals surface area contributed by atoms with Gasteiger partial charge in [0, 0.05) is 6.04 Å². The fourth-order valence-electron chi connectivity index (χ4n) is 2.78. The van der Waals surface area contributed by atoms with Gasteiger partial charge in [-0.05, 0) is 83.0 Å². The number of hydrogen-bond donors (Lipinski definition) is 0. The van der Waals surface area contributed by atoms with E-state index < -0.39 is 0 Å². The molecule has 1 fully saturated rings. The standard InChI is InChI=1S/C21H19BrFNO4S/c1-12(2)24-20(25)18(29-21(24)26)10-14-8-16(22)19(17(9-14)27-3)28-11-13-4-6-15(23)7-5-13/h4-10,12H,11H2,1-3H3/b18-10+. The van der Waals surface area contributed by atoms with E-state index in [0.29, 0.717) is 26.4 Å². The van der Waals surface area contributed by atoms with E-state index >= 15 is 0 Å². The molecule has 29 heavy (non-hydrogen) atoms. The summed E-state index contributed by atoms with van der Waals surface area (Å²) in [6.45, 7) is 3.83. The van der Waals surface area contributed by atoms with E-state index in [-0.39, 0.29) is 29.6 Å². The Hall–Kier alpha value is -2.32. The maximum atomic E-state index is 13.0. The lowest BCUT2D eigenvalue weighted by atomic mass is 10.1. The summed E-state index contributed by atoms with van der Waals surface area (Å²) < 4.78 is 25.0. The summed E-state index contributed by atoms with van der Waals surface area (Å²) in [6.07, 6.45) is 1.66. The molecule has 0 spiro atoms. The quantitative estimate of drug-likeness (QED) is 0.503. The molecule has 1 saturated heterocycles. The van der Waals surface area contributed by atoms with Crippen LogP contribution < -0.4 is 9.47 Å². The number of rotatable bonds is 6. The number of methoxy groups -OCH3 is 1. The van der Waals surface area contributed by atoms with E-state index in [1.165, 1.54) is 24.1 Å². The summed E-state index contributed by atoms with van der Waals surface area (Å²) in [5.74, 6) is 0.348. The van der Waals surface area contributed by atoms with Crippen molar-refractivity contribution in [1.29, 1.82) is 0 Å². The Labute approximate surface area is 181 Å². The van der Waals surface area contributed by atoms with Crippen molar-refractivity contribution in [3.63, 3.8) is 0 Å². The third kappa shape index (κ3) is 4.82. The Bertz CT molecular complexity index is 975. The molecule has 1 aliphatic rings. The van der Waals surface area contributed by atoms with Crippen molar-refractivity contribution in [3.05, 3.63) is 62.7 Å². The number of ether oxygens (including phenoxy) is 2. The van der Waals surface area contributed by atoms with Crippen LogP contribution in [-0.4, -0.2) is 29.2 Å². The van der Waals surface area contributed by atoms with Gasteiger partial charge in [-0.1, -0.05) is 12.1 Å². The van der Waals surface area contributed by atoms with Gasteiger partial charge < -0.3 is 9.47 Å². The van der Waals surface area contributed by atoms with Gasteiger partial charge in [0.05, 0.1) is 16.5 Å². The van der Waals surface area contributed by atoms with E-state index in [0.717, 1.165) is 17.3 Å². The van der Waals surface area contributed by atoms with Crippen LogP contribution in [0.3, 0.4) is 0 Å². The van der Waals surface area contributed by atoms with Crippen LogP contribution in [0.2, 0.25) is 0 Å². The van der Waals surface area contributed by atoms with E-state index in [1.54, 1.807) is 44.2 Å². The molecule has 0 unspecified atom stereocenters. The van der Waals surface area contributed by atoms with Crippen molar-refractivity contribution < 1.29 is 23.5 Å². The highest BCUT2D eigenvalue weighted by Crippen LogP contribution is 2.39. The molecule has 0 saturated carbocycles. The van der Waals surface area contributed by atoms with E-state index in [4.69, 9.17) is 9.47 Å². The lowest BCUT2D eigenvalue weighted by Crippen LogP contribution is -2.34. The highest BCUT2D eigenvalue weighted by molar-refractivity contribution is 9.10. The molecule has 2 amide bonds. The average molecular weight is 480 g/mol. The Morgan fingerprint density at radius 3 is 2.48 bits per heavy atom. The van der Waals surface area contributed by atoms with E-state index in [9.17, 15) is 14.0 Å². The number of carbonyl (C=O) groups is 2. The van der Waals surface area contributed by atoms with Gasteiger partial charge in [-0.2, -0.15) is 0 Å². The first-order valence-corrected chi connectivity index (χ1v) is 10.4. The summed E-state index contributed by atoms with van der Waals surface area (Å²) in [6, 6.07) is 9.36. The Kier molecular flexibility index (Phi) is 6.64. The number of nitrogens with zero attached hydrogens (tertiary/aromatic N) is 1. The number of benzene rings is 2. The minimum Gasteiger partial charge on any atom is -0.493 e. The second-order valence-corrected chi connectivity index (χ2v) is 8.44. The van der Waals surface area contributed by atoms with Crippen molar-refractivity contribution in [2.24, 2.45) is 0 Å². The normalized spacial score (nSPS) is 15.5. The first-order chi connectivity index (χ1) is 13.8. The zero-order valence-electron chi connectivity index (χ0n) is 16.1. The molecule has 1 heterocycles. The van der Waals surface area contributed by atoms with Crippen molar-refractivity contribution in [2.45, 2.75) is 26.5 Å². The number of hydrogen-bond acceptors (Lipinski definition) is 5.